The summed E-state index contributed by atoms with van der Waals surface area (Å²) >= 11 is 0. The van der Waals surface area contributed by atoms with Gasteiger partial charge in [0.1, 0.15) is 0 Å². The second-order valence-electron chi connectivity index (χ2n) is 4.07. The number of nitrogens with one attached hydrogen (secondary N) is 2. The van der Waals surface area contributed by atoms with E-state index < -0.39 is 11.6 Å². The minimum Gasteiger partial charge on any atom is -0.381 e. The molecule has 2 N–H and O–H groups in total. The van der Waals surface area contributed by atoms with Crippen molar-refractivity contribution in [3.05, 3.63) is 17.7 Å². The first kappa shape index (κ1) is 12.0. The minimum absolute atomic E-state index is 0.0384. The van der Waals surface area contributed by atoms with Crippen molar-refractivity contribution in [3.8, 4) is 0 Å². The van der Waals surface area contributed by atoms with Crippen LogP contribution in [0.1, 0.15) is 12.8 Å². The van der Waals surface area contributed by atoms with Crippen molar-refractivity contribution in [1.82, 2.24) is 4.98 Å². The van der Waals surface area contributed by atoms with Crippen molar-refractivity contribution < 1.29 is 13.5 Å². The van der Waals surface area contributed by atoms with E-state index in [1.807, 2.05) is 0 Å². The number of anilines is 2. The zero-order valence-corrected chi connectivity index (χ0v) is 9.76. The Morgan fingerprint density at radius 2 is 1.94 bits per heavy atom. The smallest absolute Gasteiger partial charge is 0.168 e. The van der Waals surface area contributed by atoms with Crippen LogP contribution in [0.3, 0.4) is 0 Å². The van der Waals surface area contributed by atoms with Crippen molar-refractivity contribution >= 4 is 11.6 Å². The van der Waals surface area contributed by atoms with Gasteiger partial charge in [-0.1, -0.05) is 0 Å². The molecular weight excluding hydrogens is 228 g/mol. The van der Waals surface area contributed by atoms with Gasteiger partial charge < -0.3 is 15.4 Å². The van der Waals surface area contributed by atoms with Crippen molar-refractivity contribution in [2.24, 2.45) is 0 Å². The maximum Gasteiger partial charge on any atom is 0.168 e. The maximum absolute atomic E-state index is 13.4. The summed E-state index contributed by atoms with van der Waals surface area (Å²) in [7, 11) is 3.19. The molecule has 1 aliphatic carbocycles. The van der Waals surface area contributed by atoms with Gasteiger partial charge in [0.25, 0.3) is 0 Å². The van der Waals surface area contributed by atoms with Crippen LogP contribution >= 0.6 is 0 Å². The molecule has 1 aromatic heterocycles. The number of aromatic nitrogens is 1. The van der Waals surface area contributed by atoms with Gasteiger partial charge in [0.05, 0.1) is 6.10 Å². The lowest BCUT2D eigenvalue weighted by molar-refractivity contribution is 0.0327. The largest absolute Gasteiger partial charge is 0.381 e. The predicted octanol–water partition coefficient (Wildman–Crippen LogP) is 1.99. The molecule has 0 spiro atoms. The second-order valence-corrected chi connectivity index (χ2v) is 4.07. The molecule has 0 atom stereocenters. The Morgan fingerprint density at radius 1 is 1.29 bits per heavy atom. The first-order chi connectivity index (χ1) is 8.13. The van der Waals surface area contributed by atoms with Crippen LogP contribution in [0.25, 0.3) is 0 Å². The van der Waals surface area contributed by atoms with Gasteiger partial charge in [0.15, 0.2) is 23.3 Å². The fraction of sp³-hybridized carbons (Fsp3) is 0.545. The van der Waals surface area contributed by atoms with Crippen LogP contribution in [0.4, 0.5) is 20.4 Å². The molecule has 94 valence electrons. The Balaban J connectivity index is 2.06. The van der Waals surface area contributed by atoms with Crippen LogP contribution in [0, 0.1) is 11.6 Å². The van der Waals surface area contributed by atoms with E-state index in [9.17, 15) is 8.78 Å². The molecule has 17 heavy (non-hydrogen) atoms. The fourth-order valence-corrected chi connectivity index (χ4v) is 1.81. The van der Waals surface area contributed by atoms with Crippen molar-refractivity contribution in [2.75, 3.05) is 24.8 Å². The predicted molar refractivity (Wildman–Crippen MR) is 61.1 cm³/mol. The van der Waals surface area contributed by atoms with E-state index in [0.717, 1.165) is 18.9 Å². The molecule has 1 heterocycles. The molecule has 0 unspecified atom stereocenters. The van der Waals surface area contributed by atoms with Gasteiger partial charge in [0, 0.05) is 26.3 Å². The number of methoxy groups -OCH3 is 1. The molecule has 1 aromatic rings. The zero-order chi connectivity index (χ0) is 12.4. The Kier molecular flexibility index (Phi) is 3.42. The third kappa shape index (κ3) is 2.46. The molecule has 0 aromatic carbocycles. The lowest BCUT2D eigenvalue weighted by atomic mass is 9.89. The van der Waals surface area contributed by atoms with Crippen molar-refractivity contribution in [3.63, 3.8) is 0 Å². The van der Waals surface area contributed by atoms with Crippen LogP contribution < -0.4 is 10.6 Å². The quantitative estimate of drug-likeness (QED) is 0.849. The van der Waals surface area contributed by atoms with E-state index in [0.29, 0.717) is 0 Å². The number of rotatable bonds is 4. The zero-order valence-electron chi connectivity index (χ0n) is 9.76. The summed E-state index contributed by atoms with van der Waals surface area (Å²) in [4.78, 5) is 3.85. The van der Waals surface area contributed by atoms with Crippen LogP contribution in [0.2, 0.25) is 0 Å². The van der Waals surface area contributed by atoms with Gasteiger partial charge in [0.2, 0.25) is 0 Å². The SMILES string of the molecule is CNc1nc(NC2CC(OC)C2)c(F)cc1F. The van der Waals surface area contributed by atoms with Crippen LogP contribution in [0.15, 0.2) is 6.07 Å². The number of hydrogen-bond acceptors (Lipinski definition) is 4. The van der Waals surface area contributed by atoms with Gasteiger partial charge in [-0.05, 0) is 12.8 Å². The lowest BCUT2D eigenvalue weighted by Crippen LogP contribution is -2.40. The number of ether oxygens (including phenoxy) is 1. The summed E-state index contributed by atoms with van der Waals surface area (Å²) < 4.78 is 31.7. The fourth-order valence-electron chi connectivity index (χ4n) is 1.81. The normalized spacial score (nSPS) is 23.1. The van der Waals surface area contributed by atoms with Crippen LogP contribution in [-0.4, -0.2) is 31.3 Å². The molecule has 2 rings (SSSR count). The Bertz CT molecular complexity index is 408. The highest BCUT2D eigenvalue weighted by Crippen LogP contribution is 2.27. The highest BCUT2D eigenvalue weighted by atomic mass is 19.1. The Labute approximate surface area is 98.4 Å². The van der Waals surface area contributed by atoms with Gasteiger partial charge in [-0.15, -0.1) is 0 Å². The van der Waals surface area contributed by atoms with Crippen LogP contribution in [0.5, 0.6) is 0 Å². The highest BCUT2D eigenvalue weighted by Gasteiger charge is 2.30. The molecular formula is C11H15F2N3O. The second kappa shape index (κ2) is 4.83. The van der Waals surface area contributed by atoms with Gasteiger partial charge in [-0.25, -0.2) is 13.8 Å². The Morgan fingerprint density at radius 3 is 2.53 bits per heavy atom. The minimum atomic E-state index is -0.695. The molecule has 6 heteroatoms. The number of nitrogens with zero attached hydrogens (tertiary/aromatic N) is 1. The monoisotopic (exact) mass is 243 g/mol. The summed E-state index contributed by atoms with van der Waals surface area (Å²) in [5, 5.41) is 5.51. The molecule has 0 aliphatic heterocycles. The standard InChI is InChI=1S/C11H15F2N3O/c1-14-10-8(12)5-9(13)11(16-10)15-6-3-7(4-6)17-2/h5-7H,3-4H2,1-2H3,(H2,14,15,16). The first-order valence-corrected chi connectivity index (χ1v) is 5.47. The first-order valence-electron chi connectivity index (χ1n) is 5.47. The Hall–Kier alpha value is -1.43. The van der Waals surface area contributed by atoms with E-state index >= 15 is 0 Å². The van der Waals surface area contributed by atoms with E-state index in [4.69, 9.17) is 4.74 Å². The molecule has 0 bridgehead atoms. The third-order valence-corrected chi connectivity index (χ3v) is 2.94. The maximum atomic E-state index is 13.4. The van der Waals surface area contributed by atoms with Crippen LogP contribution in [-0.2, 0) is 4.74 Å². The highest BCUT2D eigenvalue weighted by molar-refractivity contribution is 5.48. The van der Waals surface area contributed by atoms with Gasteiger partial charge in [-0.2, -0.15) is 0 Å². The number of hydrogen-bond donors (Lipinski definition) is 2. The average Bonchev–Trinajstić information content (AvgIpc) is 2.25. The summed E-state index contributed by atoms with van der Waals surface area (Å²) in [6.07, 6.45) is 1.84. The van der Waals surface area contributed by atoms with Gasteiger partial charge in [-0.3, -0.25) is 0 Å². The topological polar surface area (TPSA) is 46.2 Å². The summed E-state index contributed by atoms with van der Waals surface area (Å²) in [6.45, 7) is 0. The average molecular weight is 243 g/mol. The van der Waals surface area contributed by atoms with E-state index in [2.05, 4.69) is 15.6 Å². The molecule has 4 nitrogen and oxygen atoms in total. The van der Waals surface area contributed by atoms with E-state index in [1.165, 1.54) is 7.05 Å². The molecule has 1 saturated carbocycles. The lowest BCUT2D eigenvalue weighted by Gasteiger charge is -2.35. The van der Waals surface area contributed by atoms with Crippen molar-refractivity contribution in [1.29, 1.82) is 0 Å². The third-order valence-electron chi connectivity index (χ3n) is 2.94. The van der Waals surface area contributed by atoms with E-state index in [1.54, 1.807) is 7.11 Å². The number of halogens is 2. The number of pyridine rings is 1. The van der Waals surface area contributed by atoms with Crippen molar-refractivity contribution in [2.45, 2.75) is 25.0 Å². The molecule has 0 saturated heterocycles. The molecule has 0 radical (unpaired) electrons. The summed E-state index contributed by atoms with van der Waals surface area (Å²) in [6, 6.07) is 0.963. The van der Waals surface area contributed by atoms with Gasteiger partial charge >= 0.3 is 0 Å². The molecule has 1 aliphatic rings. The van der Waals surface area contributed by atoms with E-state index in [-0.39, 0.29) is 23.8 Å². The summed E-state index contributed by atoms with van der Waals surface area (Å²) in [5.74, 6) is -1.26. The molecule has 0 amide bonds. The summed E-state index contributed by atoms with van der Waals surface area (Å²) in [5.41, 5.74) is 0. The molecule has 1 fully saturated rings.